The van der Waals surface area contributed by atoms with Gasteiger partial charge >= 0.3 is 0 Å². The van der Waals surface area contributed by atoms with Crippen molar-refractivity contribution in [1.29, 1.82) is 0 Å². The first kappa shape index (κ1) is 10.8. The third-order valence-electron chi connectivity index (χ3n) is 1.50. The Balaban J connectivity index is 3.76. The average molecular weight is 178 g/mol. The van der Waals surface area contributed by atoms with Crippen LogP contribution >= 0.6 is 11.6 Å². The molecule has 2 nitrogen and oxygen atoms in total. The minimum atomic E-state index is 0.201. The molecule has 0 saturated carbocycles. The molecule has 3 heteroatoms. The molecule has 0 aliphatic heterocycles. The number of carbonyl (C=O) groups excluding carboxylic acids is 1. The van der Waals surface area contributed by atoms with Gasteiger partial charge in [0.05, 0.1) is 0 Å². The number of rotatable bonds is 5. The van der Waals surface area contributed by atoms with Gasteiger partial charge in [-0.15, -0.1) is 11.6 Å². The zero-order chi connectivity index (χ0) is 8.69. The van der Waals surface area contributed by atoms with Crippen LogP contribution in [0.15, 0.2) is 0 Å². The Hall–Kier alpha value is -0.240. The molecule has 0 saturated heterocycles. The molecular weight excluding hydrogens is 162 g/mol. The van der Waals surface area contributed by atoms with Crippen molar-refractivity contribution in [3.8, 4) is 0 Å². The number of alkyl halides is 1. The summed E-state index contributed by atoms with van der Waals surface area (Å²) in [5.74, 6) is 0.735. The first-order valence-electron chi connectivity index (χ1n) is 4.10. The highest BCUT2D eigenvalue weighted by Gasteiger charge is 2.07. The van der Waals surface area contributed by atoms with E-state index in [4.69, 9.17) is 11.6 Å². The lowest BCUT2D eigenvalue weighted by Crippen LogP contribution is -2.32. The Morgan fingerprint density at radius 2 is 2.00 bits per heavy atom. The highest BCUT2D eigenvalue weighted by atomic mass is 35.5. The highest BCUT2D eigenvalue weighted by Crippen LogP contribution is 1.96. The number of nitrogens with zero attached hydrogens (tertiary/aromatic N) is 1. The predicted octanol–water partition coefficient (Wildman–Crippen LogP) is 1.87. The van der Waals surface area contributed by atoms with E-state index in [2.05, 4.69) is 6.92 Å². The van der Waals surface area contributed by atoms with Gasteiger partial charge in [-0.2, -0.15) is 0 Å². The van der Waals surface area contributed by atoms with Crippen LogP contribution in [-0.2, 0) is 4.79 Å². The van der Waals surface area contributed by atoms with Gasteiger partial charge in [-0.25, -0.2) is 0 Å². The summed E-state index contributed by atoms with van der Waals surface area (Å²) in [5.41, 5.74) is 0. The van der Waals surface area contributed by atoms with Crippen LogP contribution < -0.4 is 0 Å². The second kappa shape index (κ2) is 6.47. The first-order chi connectivity index (χ1) is 5.26. The lowest BCUT2D eigenvalue weighted by atomic mass is 10.3. The molecule has 1 amide bonds. The molecular formula is C8H16ClNO. The molecule has 0 spiro atoms. The normalized spacial score (nSPS) is 9.73. The van der Waals surface area contributed by atoms with Crippen molar-refractivity contribution in [3.63, 3.8) is 0 Å². The molecule has 0 bridgehead atoms. The number of carbonyl (C=O) groups is 1. The van der Waals surface area contributed by atoms with Crippen molar-refractivity contribution in [3.05, 3.63) is 0 Å². The molecule has 66 valence electrons. The summed E-state index contributed by atoms with van der Waals surface area (Å²) in [6, 6.07) is 0. The molecule has 0 aromatic rings. The largest absolute Gasteiger partial charge is 0.342 e. The smallest absolute Gasteiger partial charge is 0.222 e. The molecule has 0 atom stereocenters. The van der Waals surface area contributed by atoms with Crippen molar-refractivity contribution in [2.75, 3.05) is 19.0 Å². The fourth-order valence-electron chi connectivity index (χ4n) is 0.957. The molecule has 0 heterocycles. The van der Waals surface area contributed by atoms with Crippen LogP contribution in [-0.4, -0.2) is 29.8 Å². The second-order valence-corrected chi connectivity index (χ2v) is 2.80. The third-order valence-corrected chi connectivity index (χ3v) is 1.67. The van der Waals surface area contributed by atoms with E-state index in [0.717, 1.165) is 13.0 Å². The Morgan fingerprint density at radius 1 is 1.36 bits per heavy atom. The fourth-order valence-corrected chi connectivity index (χ4v) is 1.16. The molecule has 0 N–H and O–H groups in total. The molecule has 0 aliphatic carbocycles. The van der Waals surface area contributed by atoms with Crippen LogP contribution in [0.2, 0.25) is 0 Å². The maximum Gasteiger partial charge on any atom is 0.222 e. The zero-order valence-electron chi connectivity index (χ0n) is 7.27. The van der Waals surface area contributed by atoms with Gasteiger partial charge in [-0.05, 0) is 6.42 Å². The van der Waals surface area contributed by atoms with Gasteiger partial charge in [-0.1, -0.05) is 13.8 Å². The van der Waals surface area contributed by atoms with Crippen LogP contribution in [0.5, 0.6) is 0 Å². The number of hydrogen-bond donors (Lipinski definition) is 0. The molecule has 0 aromatic heterocycles. The lowest BCUT2D eigenvalue weighted by molar-refractivity contribution is -0.130. The van der Waals surface area contributed by atoms with Gasteiger partial charge in [-0.3, -0.25) is 4.79 Å². The minimum absolute atomic E-state index is 0.201. The fraction of sp³-hybridized carbons (Fsp3) is 0.875. The summed E-state index contributed by atoms with van der Waals surface area (Å²) in [5, 5.41) is 0. The summed E-state index contributed by atoms with van der Waals surface area (Å²) in [7, 11) is 0. The molecule has 11 heavy (non-hydrogen) atoms. The molecule has 0 rings (SSSR count). The lowest BCUT2D eigenvalue weighted by Gasteiger charge is -2.19. The van der Waals surface area contributed by atoms with Crippen molar-refractivity contribution < 1.29 is 4.79 Å². The monoisotopic (exact) mass is 177 g/mol. The van der Waals surface area contributed by atoms with Crippen LogP contribution in [0.1, 0.15) is 26.7 Å². The summed E-state index contributed by atoms with van der Waals surface area (Å²) >= 11 is 5.54. The number of amides is 1. The third kappa shape index (κ3) is 4.25. The van der Waals surface area contributed by atoms with Gasteiger partial charge in [0.25, 0.3) is 0 Å². The molecule has 0 fully saturated rings. The van der Waals surface area contributed by atoms with Crippen LogP contribution in [0.3, 0.4) is 0 Å². The van der Waals surface area contributed by atoms with Crippen molar-refractivity contribution in [2.24, 2.45) is 0 Å². The SMILES string of the molecule is CCCN(CCCl)C(=O)CC. The molecule has 0 aromatic carbocycles. The van der Waals surface area contributed by atoms with Crippen molar-refractivity contribution in [2.45, 2.75) is 26.7 Å². The Morgan fingerprint density at radius 3 is 2.36 bits per heavy atom. The van der Waals surface area contributed by atoms with E-state index in [1.54, 1.807) is 0 Å². The van der Waals surface area contributed by atoms with Crippen LogP contribution in [0.4, 0.5) is 0 Å². The van der Waals surface area contributed by atoms with Gasteiger partial charge in [0.1, 0.15) is 0 Å². The molecule has 0 aliphatic rings. The van der Waals surface area contributed by atoms with Gasteiger partial charge in [0, 0.05) is 25.4 Å². The Bertz CT molecular complexity index is 111. The van der Waals surface area contributed by atoms with E-state index in [9.17, 15) is 4.79 Å². The van der Waals surface area contributed by atoms with E-state index >= 15 is 0 Å². The van der Waals surface area contributed by atoms with Gasteiger partial charge < -0.3 is 4.90 Å². The van der Waals surface area contributed by atoms with E-state index < -0.39 is 0 Å². The Kier molecular flexibility index (Phi) is 6.33. The summed E-state index contributed by atoms with van der Waals surface area (Å²) < 4.78 is 0. The number of hydrogen-bond acceptors (Lipinski definition) is 1. The Labute approximate surface area is 73.5 Å². The number of halogens is 1. The van der Waals surface area contributed by atoms with E-state index in [1.807, 2.05) is 11.8 Å². The predicted molar refractivity (Wildman–Crippen MR) is 47.9 cm³/mol. The molecule has 0 unspecified atom stereocenters. The minimum Gasteiger partial charge on any atom is -0.342 e. The topological polar surface area (TPSA) is 20.3 Å². The maximum absolute atomic E-state index is 11.2. The molecule has 0 radical (unpaired) electrons. The second-order valence-electron chi connectivity index (χ2n) is 2.42. The highest BCUT2D eigenvalue weighted by molar-refractivity contribution is 6.18. The standard InChI is InChI=1S/C8H16ClNO/c1-3-6-10(7-5-9)8(11)4-2/h3-7H2,1-2H3. The van der Waals surface area contributed by atoms with Gasteiger partial charge in [0.2, 0.25) is 5.91 Å². The first-order valence-corrected chi connectivity index (χ1v) is 4.63. The van der Waals surface area contributed by atoms with Crippen molar-refractivity contribution in [1.82, 2.24) is 4.90 Å². The van der Waals surface area contributed by atoms with Gasteiger partial charge in [0.15, 0.2) is 0 Å². The van der Waals surface area contributed by atoms with E-state index in [1.165, 1.54) is 0 Å². The maximum atomic E-state index is 11.2. The summed E-state index contributed by atoms with van der Waals surface area (Å²) in [6.07, 6.45) is 1.58. The average Bonchev–Trinajstić information content (AvgIpc) is 2.03. The summed E-state index contributed by atoms with van der Waals surface area (Å²) in [6.45, 7) is 5.45. The van der Waals surface area contributed by atoms with Crippen LogP contribution in [0.25, 0.3) is 0 Å². The van der Waals surface area contributed by atoms with Crippen LogP contribution in [0, 0.1) is 0 Å². The van der Waals surface area contributed by atoms with E-state index in [0.29, 0.717) is 18.8 Å². The van der Waals surface area contributed by atoms with E-state index in [-0.39, 0.29) is 5.91 Å². The quantitative estimate of drug-likeness (QED) is 0.588. The zero-order valence-corrected chi connectivity index (χ0v) is 8.02. The summed E-state index contributed by atoms with van der Waals surface area (Å²) in [4.78, 5) is 13.0. The van der Waals surface area contributed by atoms with Crippen molar-refractivity contribution >= 4 is 17.5 Å².